The van der Waals surface area contributed by atoms with Crippen LogP contribution in [0.1, 0.15) is 8.22 Å². The van der Waals surface area contributed by atoms with Crippen LogP contribution in [0.15, 0.2) is 132 Å². The molecule has 0 N–H and O–H groups in total. The first-order valence-corrected chi connectivity index (χ1v) is 13.3. The zero-order valence-corrected chi connectivity index (χ0v) is 22.3. The first-order chi connectivity index (χ1) is 23.0. The molecule has 5 aromatic carbocycles. The van der Waals surface area contributed by atoms with Gasteiger partial charge in [-0.25, -0.2) is 19.7 Å². The van der Waals surface area contributed by atoms with E-state index in [1.165, 1.54) is 12.1 Å². The average Bonchev–Trinajstić information content (AvgIpc) is 3.41. The number of benzene rings is 5. The minimum Gasteiger partial charge on any atom is -0.295 e. The minimum absolute atomic E-state index is 0.0254. The van der Waals surface area contributed by atoms with Crippen molar-refractivity contribution in [2.45, 2.75) is 0 Å². The van der Waals surface area contributed by atoms with E-state index >= 15 is 0 Å². The highest BCUT2D eigenvalue weighted by molar-refractivity contribution is 5.83. The molecular weight excluding hydrogens is 518 g/mol. The van der Waals surface area contributed by atoms with Crippen molar-refractivity contribution < 1.29 is 8.22 Å². The quantitative estimate of drug-likeness (QED) is 0.224. The van der Waals surface area contributed by atoms with E-state index in [1.807, 2.05) is 109 Å². The molecule has 2 heterocycles. The highest BCUT2D eigenvalue weighted by atomic mass is 16.1. The van der Waals surface area contributed by atoms with Crippen molar-refractivity contribution in [2.24, 2.45) is 14.0 Å². The van der Waals surface area contributed by atoms with Crippen molar-refractivity contribution >= 4 is 11.0 Å². The molecule has 0 saturated carbocycles. The Kier molecular flexibility index (Phi) is 4.82. The number of nitrogens with zero attached hydrogens (tertiary/aromatic N) is 5. The number of imidazole rings is 1. The summed E-state index contributed by atoms with van der Waals surface area (Å²) in [6.45, 7) is -5.68. The van der Waals surface area contributed by atoms with Gasteiger partial charge in [-0.3, -0.25) is 9.13 Å². The zero-order chi connectivity index (χ0) is 33.6. The third-order valence-corrected chi connectivity index (χ3v) is 7.23. The van der Waals surface area contributed by atoms with Crippen LogP contribution in [0, 0.1) is 0 Å². The standard InChI is InChI=1S/C36H27N5O/c1-40-31-22-21-30(23-32(31)41(2)36(40)42)26-15-13-24(14-16-26)25-17-19-29(20-18-25)35-38-33(27-9-5-3-6-10-27)37-34(39-35)28-11-7-4-8-12-28/h3-23H,1-2H3/i1D3,2D3. The molecule has 0 aliphatic rings. The Hall–Kier alpha value is -5.62. The summed E-state index contributed by atoms with van der Waals surface area (Å²) in [5.74, 6) is 1.73. The molecule has 7 aromatic rings. The molecule has 202 valence electrons. The SMILES string of the molecule is [2H]C([2H])([2H])n1c(=O)n(C([2H])([2H])[2H])c2cc(-c3ccc(-c4ccc(-c5nc(-c6ccccc6)nc(-c6ccccc6)n5)cc4)cc3)ccc21. The Balaban J connectivity index is 1.21. The molecule has 0 atom stereocenters. The van der Waals surface area contributed by atoms with Crippen LogP contribution >= 0.6 is 0 Å². The molecule has 0 amide bonds. The molecule has 6 nitrogen and oxygen atoms in total. The summed E-state index contributed by atoms with van der Waals surface area (Å²) in [6.07, 6.45) is 0. The minimum atomic E-state index is -2.85. The number of rotatable bonds is 5. The highest BCUT2D eigenvalue weighted by Gasteiger charge is 2.13. The van der Waals surface area contributed by atoms with E-state index < -0.39 is 19.6 Å². The molecule has 0 aliphatic heterocycles. The van der Waals surface area contributed by atoms with Gasteiger partial charge in [0.1, 0.15) is 0 Å². The summed E-state index contributed by atoms with van der Waals surface area (Å²) in [4.78, 5) is 27.3. The second-order valence-electron chi connectivity index (χ2n) is 9.85. The summed E-state index contributed by atoms with van der Waals surface area (Å²) in [6, 6.07) is 39.9. The molecule has 0 fully saturated rings. The molecule has 7 rings (SSSR count). The van der Waals surface area contributed by atoms with Gasteiger partial charge in [-0.15, -0.1) is 0 Å². The van der Waals surface area contributed by atoms with Gasteiger partial charge in [0, 0.05) is 38.9 Å². The Morgan fingerprint density at radius 2 is 0.833 bits per heavy atom. The van der Waals surface area contributed by atoms with Crippen molar-refractivity contribution in [3.63, 3.8) is 0 Å². The number of hydrogen-bond donors (Lipinski definition) is 0. The van der Waals surface area contributed by atoms with Crippen molar-refractivity contribution in [2.75, 3.05) is 0 Å². The topological polar surface area (TPSA) is 65.6 Å². The Labute approximate surface area is 251 Å². The molecule has 0 aliphatic carbocycles. The van der Waals surface area contributed by atoms with Gasteiger partial charge in [0.05, 0.1) is 11.0 Å². The van der Waals surface area contributed by atoms with Crippen LogP contribution in [0.2, 0.25) is 0 Å². The van der Waals surface area contributed by atoms with Crippen LogP contribution in [-0.4, -0.2) is 24.1 Å². The lowest BCUT2D eigenvalue weighted by Crippen LogP contribution is -2.19. The monoisotopic (exact) mass is 551 g/mol. The molecular formula is C36H27N5O. The predicted molar refractivity (Wildman–Crippen MR) is 169 cm³/mol. The van der Waals surface area contributed by atoms with Crippen LogP contribution in [0.25, 0.3) is 67.5 Å². The number of aryl methyl sites for hydroxylation is 2. The lowest BCUT2D eigenvalue weighted by Gasteiger charge is -2.09. The highest BCUT2D eigenvalue weighted by Crippen LogP contribution is 2.29. The largest absolute Gasteiger partial charge is 0.328 e. The van der Waals surface area contributed by atoms with E-state index in [4.69, 9.17) is 23.2 Å². The lowest BCUT2D eigenvalue weighted by molar-refractivity contribution is 0.795. The fourth-order valence-corrected chi connectivity index (χ4v) is 4.98. The van der Waals surface area contributed by atoms with Crippen LogP contribution in [0.3, 0.4) is 0 Å². The van der Waals surface area contributed by atoms with Gasteiger partial charge < -0.3 is 0 Å². The molecule has 0 unspecified atom stereocenters. The van der Waals surface area contributed by atoms with Gasteiger partial charge in [-0.05, 0) is 34.4 Å². The normalized spacial score (nSPS) is 13.9. The molecule has 0 spiro atoms. The maximum Gasteiger partial charge on any atom is 0.328 e. The van der Waals surface area contributed by atoms with Crippen LogP contribution in [-0.2, 0) is 14.0 Å². The molecule has 0 bridgehead atoms. The molecule has 2 aromatic heterocycles. The van der Waals surface area contributed by atoms with E-state index in [9.17, 15) is 4.79 Å². The third-order valence-electron chi connectivity index (χ3n) is 7.23. The summed E-state index contributed by atoms with van der Waals surface area (Å²) in [5.41, 5.74) is 4.90. The molecule has 6 heteroatoms. The molecule has 42 heavy (non-hydrogen) atoms. The number of aromatic nitrogens is 5. The van der Waals surface area contributed by atoms with Crippen molar-refractivity contribution in [1.29, 1.82) is 0 Å². The second-order valence-corrected chi connectivity index (χ2v) is 9.85. The lowest BCUT2D eigenvalue weighted by atomic mass is 9.99. The van der Waals surface area contributed by atoms with E-state index in [0.29, 0.717) is 32.2 Å². The number of fused-ring (bicyclic) bond motifs is 1. The van der Waals surface area contributed by atoms with Crippen molar-refractivity contribution in [3.05, 3.63) is 138 Å². The Morgan fingerprint density at radius 1 is 0.452 bits per heavy atom. The summed E-state index contributed by atoms with van der Waals surface area (Å²) in [7, 11) is 0. The smallest absolute Gasteiger partial charge is 0.295 e. The third kappa shape index (κ3) is 4.59. The first kappa shape index (κ1) is 19.5. The Bertz CT molecular complexity index is 2250. The van der Waals surface area contributed by atoms with Gasteiger partial charge in [-0.1, -0.05) is 115 Å². The molecule has 0 radical (unpaired) electrons. The summed E-state index contributed by atoms with van der Waals surface area (Å²) >= 11 is 0. The van der Waals surface area contributed by atoms with Crippen LogP contribution in [0.5, 0.6) is 0 Å². The van der Waals surface area contributed by atoms with Gasteiger partial charge in [0.2, 0.25) is 0 Å². The zero-order valence-electron chi connectivity index (χ0n) is 28.3. The van der Waals surface area contributed by atoms with E-state index in [0.717, 1.165) is 33.4 Å². The first-order valence-electron chi connectivity index (χ1n) is 16.3. The predicted octanol–water partition coefficient (Wildman–Crippen LogP) is 7.40. The van der Waals surface area contributed by atoms with Crippen LogP contribution in [0.4, 0.5) is 0 Å². The molecule has 0 saturated heterocycles. The van der Waals surface area contributed by atoms with Gasteiger partial charge in [0.15, 0.2) is 17.5 Å². The van der Waals surface area contributed by atoms with Crippen molar-refractivity contribution in [3.8, 4) is 56.4 Å². The maximum atomic E-state index is 12.9. The van der Waals surface area contributed by atoms with E-state index in [1.54, 1.807) is 6.07 Å². The maximum absolute atomic E-state index is 12.9. The summed E-state index contributed by atoms with van der Waals surface area (Å²) in [5, 5.41) is 0. The van der Waals surface area contributed by atoms with Crippen LogP contribution < -0.4 is 5.69 Å². The van der Waals surface area contributed by atoms with Gasteiger partial charge in [0.25, 0.3) is 0 Å². The fourth-order valence-electron chi connectivity index (χ4n) is 4.98. The van der Waals surface area contributed by atoms with Gasteiger partial charge >= 0.3 is 5.69 Å². The average molecular weight is 552 g/mol. The van der Waals surface area contributed by atoms with Crippen molar-refractivity contribution in [1.82, 2.24) is 24.1 Å². The van der Waals surface area contributed by atoms with E-state index in [-0.39, 0.29) is 11.0 Å². The second kappa shape index (κ2) is 10.4. The number of hydrogen-bond acceptors (Lipinski definition) is 4. The van der Waals surface area contributed by atoms with E-state index in [2.05, 4.69) is 0 Å². The Morgan fingerprint density at radius 3 is 1.31 bits per heavy atom. The summed E-state index contributed by atoms with van der Waals surface area (Å²) < 4.78 is 48.1. The fraction of sp³-hybridized carbons (Fsp3) is 0.0556. The van der Waals surface area contributed by atoms with Gasteiger partial charge in [-0.2, -0.15) is 0 Å².